The third-order valence-electron chi connectivity index (χ3n) is 10.5. The fourth-order valence-electron chi connectivity index (χ4n) is 6.86. The van der Waals surface area contributed by atoms with E-state index < -0.39 is 63.1 Å². The molecule has 0 heterocycles. The van der Waals surface area contributed by atoms with E-state index in [1.165, 1.54) is 103 Å². The van der Waals surface area contributed by atoms with Crippen molar-refractivity contribution in [1.29, 1.82) is 0 Å². The van der Waals surface area contributed by atoms with Crippen LogP contribution >= 0.6 is 7.82 Å². The summed E-state index contributed by atoms with van der Waals surface area (Å²) in [5, 5.41) is 50.1. The number of carbonyl (C=O) groups excluding carboxylic acids is 1. The summed E-state index contributed by atoms with van der Waals surface area (Å²) in [5.74, 6) is -0.488. The van der Waals surface area contributed by atoms with E-state index in [0.717, 1.165) is 57.8 Å². The molecule has 12 nitrogen and oxygen atoms in total. The van der Waals surface area contributed by atoms with Crippen LogP contribution < -0.4 is 0 Å². The number of hydrogen-bond acceptors (Lipinski definition) is 11. The number of esters is 1. The van der Waals surface area contributed by atoms with E-state index in [0.29, 0.717) is 13.0 Å². The molecule has 6 unspecified atom stereocenters. The highest BCUT2D eigenvalue weighted by atomic mass is 31.2. The predicted octanol–water partition coefficient (Wildman–Crippen LogP) is 8.92. The molecule has 1 fully saturated rings. The van der Waals surface area contributed by atoms with Crippen molar-refractivity contribution < 1.29 is 58.3 Å². The Labute approximate surface area is 345 Å². The number of allylic oxidation sites excluding steroid dienone is 4. The molecule has 0 radical (unpaired) electrons. The molecule has 1 aliphatic rings. The first kappa shape index (κ1) is 53.8. The summed E-state index contributed by atoms with van der Waals surface area (Å²) in [6.45, 7) is 4.20. The zero-order valence-corrected chi connectivity index (χ0v) is 36.5. The van der Waals surface area contributed by atoms with E-state index in [4.69, 9.17) is 18.5 Å². The van der Waals surface area contributed by atoms with Crippen LogP contribution in [0.25, 0.3) is 0 Å². The third kappa shape index (κ3) is 28.1. The van der Waals surface area contributed by atoms with Gasteiger partial charge in [-0.25, -0.2) is 4.57 Å². The molecule has 13 heteroatoms. The number of aliphatic hydroxyl groups excluding tert-OH is 5. The van der Waals surface area contributed by atoms with Crippen LogP contribution in [0.4, 0.5) is 0 Å². The summed E-state index contributed by atoms with van der Waals surface area (Å²) < 4.78 is 34.1. The maximum absolute atomic E-state index is 12.8. The van der Waals surface area contributed by atoms with Gasteiger partial charge in [-0.15, -0.1) is 0 Å². The minimum absolute atomic E-state index is 0.0801. The smallest absolute Gasteiger partial charge is 0.457 e. The molecule has 1 rings (SSSR count). The van der Waals surface area contributed by atoms with Crippen molar-refractivity contribution in [2.45, 2.75) is 230 Å². The van der Waals surface area contributed by atoms with Gasteiger partial charge in [-0.3, -0.25) is 13.8 Å². The van der Waals surface area contributed by atoms with Crippen molar-refractivity contribution in [2.75, 3.05) is 19.8 Å². The van der Waals surface area contributed by atoms with Crippen molar-refractivity contribution in [3.8, 4) is 0 Å². The third-order valence-corrected chi connectivity index (χ3v) is 11.5. The maximum Gasteiger partial charge on any atom is 0.472 e. The lowest BCUT2D eigenvalue weighted by atomic mass is 9.85. The van der Waals surface area contributed by atoms with Crippen molar-refractivity contribution in [1.82, 2.24) is 0 Å². The molecule has 1 aliphatic carbocycles. The van der Waals surface area contributed by atoms with Gasteiger partial charge in [0, 0.05) is 13.0 Å². The minimum Gasteiger partial charge on any atom is -0.457 e. The number of hydrogen-bond donors (Lipinski definition) is 6. The highest BCUT2D eigenvalue weighted by Crippen LogP contribution is 2.47. The number of phosphoric acid groups is 1. The highest BCUT2D eigenvalue weighted by molar-refractivity contribution is 7.47. The van der Waals surface area contributed by atoms with E-state index in [2.05, 4.69) is 38.2 Å². The quantitative estimate of drug-likeness (QED) is 0.0150. The number of phosphoric ester groups is 1. The molecule has 0 bridgehead atoms. The maximum atomic E-state index is 12.8. The van der Waals surface area contributed by atoms with Gasteiger partial charge in [-0.2, -0.15) is 0 Å². The largest absolute Gasteiger partial charge is 0.472 e. The number of rotatable bonds is 38. The molecule has 0 aromatic heterocycles. The van der Waals surface area contributed by atoms with Crippen LogP contribution in [-0.4, -0.2) is 98.9 Å². The fraction of sp³-hybridized carbons (Fsp3) is 0.886. The van der Waals surface area contributed by atoms with Gasteiger partial charge >= 0.3 is 13.8 Å². The molecule has 336 valence electrons. The van der Waals surface area contributed by atoms with Crippen LogP contribution in [0.1, 0.15) is 187 Å². The molecule has 0 saturated heterocycles. The second-order valence-electron chi connectivity index (χ2n) is 15.9. The lowest BCUT2D eigenvalue weighted by Crippen LogP contribution is -2.64. The molecule has 0 aromatic carbocycles. The standard InChI is InChI=1S/C44H83O12P/c1-3-5-7-9-11-13-15-16-17-18-19-20-21-22-24-26-28-30-32-34-53-35-37(55-38(45)33-31-29-27-25-23-14-12-10-8-6-4-2)36-54-57(51,52)56-44-42(49)40(47)39(46)41(48)43(44)50/h10,12,17-18,37,39-44,46-50H,3-9,11,13-16,19-36H2,1-2H3,(H,51,52)/b12-10-,18-17-. The molecule has 6 N–H and O–H groups in total. The summed E-state index contributed by atoms with van der Waals surface area (Å²) >= 11 is 0. The summed E-state index contributed by atoms with van der Waals surface area (Å²) in [6.07, 6.45) is 26.8. The van der Waals surface area contributed by atoms with Crippen LogP contribution in [0.3, 0.4) is 0 Å². The Hall–Kier alpha value is -1.18. The van der Waals surface area contributed by atoms with Gasteiger partial charge in [0.25, 0.3) is 0 Å². The molecular formula is C44H83O12P. The summed E-state index contributed by atoms with van der Waals surface area (Å²) in [6, 6.07) is 0. The molecule has 57 heavy (non-hydrogen) atoms. The monoisotopic (exact) mass is 835 g/mol. The van der Waals surface area contributed by atoms with Gasteiger partial charge in [0.2, 0.25) is 0 Å². The Morgan fingerprint density at radius 1 is 0.544 bits per heavy atom. The second kappa shape index (κ2) is 35.6. The lowest BCUT2D eigenvalue weighted by molar-refractivity contribution is -0.220. The number of ether oxygens (including phenoxy) is 2. The zero-order chi connectivity index (χ0) is 42.0. The molecule has 0 spiro atoms. The van der Waals surface area contributed by atoms with Gasteiger partial charge in [0.15, 0.2) is 0 Å². The lowest BCUT2D eigenvalue weighted by Gasteiger charge is -2.41. The van der Waals surface area contributed by atoms with Gasteiger partial charge in [-0.05, 0) is 57.8 Å². The number of unbranched alkanes of at least 4 members (excludes halogenated alkanes) is 22. The van der Waals surface area contributed by atoms with Crippen molar-refractivity contribution in [3.05, 3.63) is 24.3 Å². The zero-order valence-electron chi connectivity index (χ0n) is 35.6. The summed E-state index contributed by atoms with van der Waals surface area (Å²) in [7, 11) is -5.01. The summed E-state index contributed by atoms with van der Waals surface area (Å²) in [4.78, 5) is 23.1. The van der Waals surface area contributed by atoms with E-state index in [1.807, 2.05) is 0 Å². The normalized spacial score (nSPS) is 23.0. The van der Waals surface area contributed by atoms with Crippen LogP contribution in [0.2, 0.25) is 0 Å². The van der Waals surface area contributed by atoms with Crippen LogP contribution in [0, 0.1) is 0 Å². The first-order chi connectivity index (χ1) is 27.5. The van der Waals surface area contributed by atoms with E-state index in [-0.39, 0.29) is 13.0 Å². The fourth-order valence-corrected chi connectivity index (χ4v) is 7.83. The molecule has 0 aromatic rings. The van der Waals surface area contributed by atoms with E-state index in [1.54, 1.807) is 0 Å². The van der Waals surface area contributed by atoms with Gasteiger partial charge in [0.05, 0.1) is 13.2 Å². The Morgan fingerprint density at radius 3 is 1.44 bits per heavy atom. The van der Waals surface area contributed by atoms with Crippen LogP contribution in [-0.2, 0) is 27.9 Å². The Balaban J connectivity index is 2.37. The van der Waals surface area contributed by atoms with Crippen molar-refractivity contribution in [3.63, 3.8) is 0 Å². The van der Waals surface area contributed by atoms with E-state index in [9.17, 15) is 39.8 Å². The molecule has 0 amide bonds. The van der Waals surface area contributed by atoms with Gasteiger partial charge in [0.1, 0.15) is 42.7 Å². The SMILES string of the molecule is CCCC/C=C\CCCCCCCC(=O)OC(COCCCCCCCCCC/C=C\CCCCCCCCC)COP(=O)(O)OC1C(O)C(O)C(O)C(O)C1O. The number of carbonyl (C=O) groups is 1. The molecule has 1 saturated carbocycles. The average molecular weight is 835 g/mol. The van der Waals surface area contributed by atoms with Gasteiger partial charge in [-0.1, -0.05) is 147 Å². The second-order valence-corrected chi connectivity index (χ2v) is 17.3. The van der Waals surface area contributed by atoms with Crippen molar-refractivity contribution in [2.24, 2.45) is 0 Å². The minimum atomic E-state index is -5.01. The van der Waals surface area contributed by atoms with Crippen LogP contribution in [0.5, 0.6) is 0 Å². The topological polar surface area (TPSA) is 192 Å². The Kier molecular flexibility index (Phi) is 33.6. The van der Waals surface area contributed by atoms with Crippen LogP contribution in [0.15, 0.2) is 24.3 Å². The Morgan fingerprint density at radius 2 is 0.947 bits per heavy atom. The van der Waals surface area contributed by atoms with Crippen molar-refractivity contribution >= 4 is 13.8 Å². The number of aliphatic hydroxyl groups is 5. The first-order valence-corrected chi connectivity index (χ1v) is 24.2. The first-order valence-electron chi connectivity index (χ1n) is 22.7. The molecule has 0 aliphatic heterocycles. The Bertz CT molecular complexity index is 1040. The molecule has 6 atom stereocenters. The average Bonchev–Trinajstić information content (AvgIpc) is 3.19. The summed E-state index contributed by atoms with van der Waals surface area (Å²) in [5.41, 5.74) is 0. The van der Waals surface area contributed by atoms with E-state index >= 15 is 0 Å². The molecular weight excluding hydrogens is 751 g/mol. The van der Waals surface area contributed by atoms with Gasteiger partial charge < -0.3 is 39.9 Å². The highest BCUT2D eigenvalue weighted by Gasteiger charge is 2.51. The predicted molar refractivity (Wildman–Crippen MR) is 226 cm³/mol.